The lowest BCUT2D eigenvalue weighted by Crippen LogP contribution is -2.58. The molecule has 1 amide bonds. The number of piperazine rings is 1. The molecule has 6 heteroatoms. The van der Waals surface area contributed by atoms with E-state index in [-0.39, 0.29) is 18.3 Å². The van der Waals surface area contributed by atoms with Crippen molar-refractivity contribution in [1.82, 2.24) is 4.90 Å². The molecule has 1 aliphatic rings. The van der Waals surface area contributed by atoms with Crippen LogP contribution < -0.4 is 10.6 Å². The number of carbonyl (C=O) groups is 1. The van der Waals surface area contributed by atoms with Gasteiger partial charge in [0, 0.05) is 36.9 Å². The normalized spacial score (nSPS) is 17.4. The molecule has 0 aromatic heterocycles. The highest BCUT2D eigenvalue weighted by Gasteiger charge is 2.33. The maximum atomic E-state index is 12.5. The minimum Gasteiger partial charge on any atom is -0.368 e. The van der Waals surface area contributed by atoms with Crippen LogP contribution in [0.5, 0.6) is 0 Å². The van der Waals surface area contributed by atoms with Gasteiger partial charge in [0.15, 0.2) is 0 Å². The fourth-order valence-electron chi connectivity index (χ4n) is 3.06. The summed E-state index contributed by atoms with van der Waals surface area (Å²) in [4.78, 5) is 16.7. The van der Waals surface area contributed by atoms with Gasteiger partial charge in [0.1, 0.15) is 0 Å². The second-order valence-corrected chi connectivity index (χ2v) is 6.81. The summed E-state index contributed by atoms with van der Waals surface area (Å²) >= 11 is 6.10. The Balaban J connectivity index is 0.00000264. The highest BCUT2D eigenvalue weighted by atomic mass is 35.5. The fraction of sp³-hybridized carbons (Fsp3) is 0.588. The molecule has 0 radical (unpaired) electrons. The van der Waals surface area contributed by atoms with Crippen molar-refractivity contribution in [2.24, 2.45) is 5.73 Å². The molecule has 1 atom stereocenters. The Morgan fingerprint density at radius 2 is 1.91 bits per heavy atom. The van der Waals surface area contributed by atoms with E-state index in [1.807, 2.05) is 30.0 Å². The zero-order valence-corrected chi connectivity index (χ0v) is 15.7. The van der Waals surface area contributed by atoms with E-state index in [9.17, 15) is 4.79 Å². The second-order valence-electron chi connectivity index (χ2n) is 6.38. The summed E-state index contributed by atoms with van der Waals surface area (Å²) in [6, 6.07) is 5.94. The number of amides is 1. The average molecular weight is 360 g/mol. The van der Waals surface area contributed by atoms with Crippen molar-refractivity contribution in [3.63, 3.8) is 0 Å². The average Bonchev–Trinajstić information content (AvgIpc) is 2.49. The molecule has 1 saturated heterocycles. The van der Waals surface area contributed by atoms with Crippen LogP contribution in [0.4, 0.5) is 5.69 Å². The van der Waals surface area contributed by atoms with Crippen molar-refractivity contribution >= 4 is 35.6 Å². The summed E-state index contributed by atoms with van der Waals surface area (Å²) in [5.41, 5.74) is 7.79. The molecule has 1 heterocycles. The van der Waals surface area contributed by atoms with Crippen molar-refractivity contribution in [1.29, 1.82) is 0 Å². The molecule has 130 valence electrons. The van der Waals surface area contributed by atoms with Gasteiger partial charge in [-0.2, -0.15) is 0 Å². The Morgan fingerprint density at radius 1 is 1.30 bits per heavy atom. The largest absolute Gasteiger partial charge is 0.368 e. The van der Waals surface area contributed by atoms with E-state index in [1.54, 1.807) is 0 Å². The standard InChI is InChI=1S/C17H26ClN3O.ClH/c1-4-7-17(3,19)16(22)21-10-8-20(9-11-21)15-12-14(18)6-5-13(15)2;/h5-6,12H,4,7-11,19H2,1-3H3;1H. The topological polar surface area (TPSA) is 49.6 Å². The van der Waals surface area contributed by atoms with Crippen LogP contribution in [-0.2, 0) is 4.79 Å². The van der Waals surface area contributed by atoms with Gasteiger partial charge in [-0.1, -0.05) is 31.0 Å². The van der Waals surface area contributed by atoms with Crippen LogP contribution in [0.2, 0.25) is 5.02 Å². The molecule has 1 aromatic carbocycles. The van der Waals surface area contributed by atoms with Crippen LogP contribution in [0, 0.1) is 6.92 Å². The van der Waals surface area contributed by atoms with Gasteiger partial charge in [-0.25, -0.2) is 0 Å². The summed E-state index contributed by atoms with van der Waals surface area (Å²) in [5, 5.41) is 0.747. The summed E-state index contributed by atoms with van der Waals surface area (Å²) in [6.45, 7) is 9.03. The van der Waals surface area contributed by atoms with Crippen molar-refractivity contribution in [3.8, 4) is 0 Å². The number of nitrogens with two attached hydrogens (primary N) is 1. The Morgan fingerprint density at radius 3 is 2.48 bits per heavy atom. The number of halogens is 2. The summed E-state index contributed by atoms with van der Waals surface area (Å²) < 4.78 is 0. The minimum atomic E-state index is -0.747. The van der Waals surface area contributed by atoms with Crippen LogP contribution in [0.1, 0.15) is 32.3 Å². The van der Waals surface area contributed by atoms with Gasteiger partial charge in [0.05, 0.1) is 5.54 Å². The number of hydrogen-bond donors (Lipinski definition) is 1. The highest BCUT2D eigenvalue weighted by molar-refractivity contribution is 6.30. The van der Waals surface area contributed by atoms with E-state index in [4.69, 9.17) is 17.3 Å². The first-order chi connectivity index (χ1) is 10.3. The van der Waals surface area contributed by atoms with Crippen LogP contribution >= 0.6 is 24.0 Å². The van der Waals surface area contributed by atoms with Gasteiger partial charge in [-0.05, 0) is 38.0 Å². The van der Waals surface area contributed by atoms with Gasteiger partial charge in [-0.3, -0.25) is 4.79 Å². The molecule has 2 N–H and O–H groups in total. The summed E-state index contributed by atoms with van der Waals surface area (Å²) in [6.07, 6.45) is 1.64. The van der Waals surface area contributed by atoms with E-state index in [0.29, 0.717) is 13.1 Å². The monoisotopic (exact) mass is 359 g/mol. The number of benzene rings is 1. The molecule has 2 rings (SSSR count). The molecule has 1 aliphatic heterocycles. The summed E-state index contributed by atoms with van der Waals surface area (Å²) in [5.74, 6) is 0.0665. The number of anilines is 1. The zero-order chi connectivity index (χ0) is 16.3. The first-order valence-electron chi connectivity index (χ1n) is 7.94. The molecule has 0 bridgehead atoms. The smallest absolute Gasteiger partial charge is 0.242 e. The van der Waals surface area contributed by atoms with Gasteiger partial charge >= 0.3 is 0 Å². The Bertz CT molecular complexity index is 541. The number of nitrogens with zero attached hydrogens (tertiary/aromatic N) is 2. The Kier molecular flexibility index (Phi) is 7.18. The predicted molar refractivity (Wildman–Crippen MR) is 99.7 cm³/mol. The molecule has 1 aromatic rings. The molecule has 23 heavy (non-hydrogen) atoms. The third kappa shape index (κ3) is 4.75. The zero-order valence-electron chi connectivity index (χ0n) is 14.1. The van der Waals surface area contributed by atoms with E-state index in [1.165, 1.54) is 5.56 Å². The van der Waals surface area contributed by atoms with Crippen molar-refractivity contribution in [2.75, 3.05) is 31.1 Å². The quantitative estimate of drug-likeness (QED) is 0.897. The SMILES string of the molecule is CCCC(C)(N)C(=O)N1CCN(c2cc(Cl)ccc2C)CC1.Cl. The van der Waals surface area contributed by atoms with Gasteiger partial charge in [-0.15, -0.1) is 12.4 Å². The lowest BCUT2D eigenvalue weighted by Gasteiger charge is -2.39. The highest BCUT2D eigenvalue weighted by Crippen LogP contribution is 2.25. The van der Waals surface area contributed by atoms with E-state index in [0.717, 1.165) is 36.6 Å². The van der Waals surface area contributed by atoms with Crippen molar-refractivity contribution in [2.45, 2.75) is 39.2 Å². The van der Waals surface area contributed by atoms with Gasteiger partial charge in [0.2, 0.25) is 5.91 Å². The molecule has 0 saturated carbocycles. The Hall–Kier alpha value is -0.970. The molecule has 1 unspecified atom stereocenters. The number of rotatable bonds is 4. The lowest BCUT2D eigenvalue weighted by atomic mass is 9.95. The third-order valence-corrected chi connectivity index (χ3v) is 4.57. The molecule has 1 fully saturated rings. The molecule has 0 spiro atoms. The lowest BCUT2D eigenvalue weighted by molar-refractivity contribution is -0.137. The number of carbonyl (C=O) groups excluding carboxylic acids is 1. The maximum absolute atomic E-state index is 12.5. The first kappa shape index (κ1) is 20.1. The van der Waals surface area contributed by atoms with Crippen LogP contribution in [0.25, 0.3) is 0 Å². The molecule has 4 nitrogen and oxygen atoms in total. The maximum Gasteiger partial charge on any atom is 0.242 e. The van der Waals surface area contributed by atoms with E-state index in [2.05, 4.69) is 18.7 Å². The second kappa shape index (κ2) is 8.22. The van der Waals surface area contributed by atoms with Crippen LogP contribution in [0.15, 0.2) is 18.2 Å². The number of hydrogen-bond acceptors (Lipinski definition) is 3. The van der Waals surface area contributed by atoms with Crippen LogP contribution in [0.3, 0.4) is 0 Å². The first-order valence-corrected chi connectivity index (χ1v) is 8.32. The van der Waals surface area contributed by atoms with Gasteiger partial charge < -0.3 is 15.5 Å². The third-order valence-electron chi connectivity index (χ3n) is 4.34. The van der Waals surface area contributed by atoms with Gasteiger partial charge in [0.25, 0.3) is 0 Å². The molecular formula is C17H27Cl2N3O. The molecular weight excluding hydrogens is 333 g/mol. The number of aryl methyl sites for hydroxylation is 1. The minimum absolute atomic E-state index is 0. The van der Waals surface area contributed by atoms with Crippen molar-refractivity contribution < 1.29 is 4.79 Å². The Labute approximate surface area is 150 Å². The van der Waals surface area contributed by atoms with E-state index < -0.39 is 5.54 Å². The summed E-state index contributed by atoms with van der Waals surface area (Å²) in [7, 11) is 0. The fourth-order valence-corrected chi connectivity index (χ4v) is 3.23. The van der Waals surface area contributed by atoms with E-state index >= 15 is 0 Å². The van der Waals surface area contributed by atoms with Crippen molar-refractivity contribution in [3.05, 3.63) is 28.8 Å². The molecule has 0 aliphatic carbocycles. The van der Waals surface area contributed by atoms with Crippen LogP contribution in [-0.4, -0.2) is 42.5 Å². The predicted octanol–water partition coefficient (Wildman–Crippen LogP) is 3.24.